The first-order valence-corrected chi connectivity index (χ1v) is 10.2. The Hall–Kier alpha value is -1.76. The van der Waals surface area contributed by atoms with Crippen LogP contribution < -0.4 is 4.90 Å². The molecular weight excluding hydrogens is 352 g/mol. The summed E-state index contributed by atoms with van der Waals surface area (Å²) >= 11 is 3.20. The standard InChI is InChI=1S/C19H20N2O2S2/c1-13-5-2-8-16-18(13)20-19(25-16)21(12-14-6-3-9-23-14)17(22)11-15-7-4-10-24-15/h2,4-5,7-8,10,14H,3,6,9,11-12H2,1H3. The van der Waals surface area contributed by atoms with Gasteiger partial charge in [-0.15, -0.1) is 11.3 Å². The highest BCUT2D eigenvalue weighted by Crippen LogP contribution is 2.32. The second-order valence-corrected chi connectivity index (χ2v) is 8.35. The minimum atomic E-state index is 0.0923. The lowest BCUT2D eigenvalue weighted by molar-refractivity contribution is -0.118. The van der Waals surface area contributed by atoms with E-state index in [0.717, 1.165) is 45.2 Å². The summed E-state index contributed by atoms with van der Waals surface area (Å²) in [6.07, 6.45) is 2.60. The van der Waals surface area contributed by atoms with Crippen LogP contribution in [0.25, 0.3) is 10.2 Å². The fourth-order valence-electron chi connectivity index (χ4n) is 3.13. The Morgan fingerprint density at radius 1 is 1.36 bits per heavy atom. The minimum absolute atomic E-state index is 0.0923. The van der Waals surface area contributed by atoms with Crippen molar-refractivity contribution in [3.63, 3.8) is 0 Å². The fraction of sp³-hybridized carbons (Fsp3) is 0.368. The second-order valence-electron chi connectivity index (χ2n) is 6.31. The Morgan fingerprint density at radius 2 is 2.28 bits per heavy atom. The van der Waals surface area contributed by atoms with Crippen molar-refractivity contribution in [2.75, 3.05) is 18.1 Å². The molecule has 4 rings (SSSR count). The van der Waals surface area contributed by atoms with Crippen LogP contribution in [0.15, 0.2) is 35.7 Å². The van der Waals surface area contributed by atoms with Crippen LogP contribution in [0, 0.1) is 6.92 Å². The molecule has 6 heteroatoms. The van der Waals surface area contributed by atoms with Crippen LogP contribution in [0.3, 0.4) is 0 Å². The smallest absolute Gasteiger partial charge is 0.234 e. The van der Waals surface area contributed by atoms with Gasteiger partial charge in [-0.3, -0.25) is 9.69 Å². The molecule has 1 atom stereocenters. The van der Waals surface area contributed by atoms with Crippen molar-refractivity contribution in [1.82, 2.24) is 4.98 Å². The summed E-state index contributed by atoms with van der Waals surface area (Å²) in [5.41, 5.74) is 2.13. The number of aromatic nitrogens is 1. The molecule has 1 unspecified atom stereocenters. The van der Waals surface area contributed by atoms with Crippen molar-refractivity contribution in [3.8, 4) is 0 Å². The van der Waals surface area contributed by atoms with Crippen molar-refractivity contribution in [1.29, 1.82) is 0 Å². The van der Waals surface area contributed by atoms with Gasteiger partial charge in [0.15, 0.2) is 5.13 Å². The highest BCUT2D eigenvalue weighted by atomic mass is 32.1. The number of rotatable bonds is 5. The first-order chi connectivity index (χ1) is 12.2. The molecule has 1 aliphatic rings. The van der Waals surface area contributed by atoms with E-state index in [2.05, 4.69) is 19.1 Å². The van der Waals surface area contributed by atoms with E-state index < -0.39 is 0 Å². The molecule has 1 fully saturated rings. The number of nitrogens with zero attached hydrogens (tertiary/aromatic N) is 2. The molecule has 0 saturated carbocycles. The third-order valence-electron chi connectivity index (χ3n) is 4.46. The first-order valence-electron chi connectivity index (χ1n) is 8.51. The molecule has 130 valence electrons. The van der Waals surface area contributed by atoms with E-state index in [-0.39, 0.29) is 12.0 Å². The van der Waals surface area contributed by atoms with E-state index in [4.69, 9.17) is 9.72 Å². The van der Waals surface area contributed by atoms with Gasteiger partial charge in [-0.2, -0.15) is 0 Å². The van der Waals surface area contributed by atoms with E-state index in [1.54, 1.807) is 22.7 Å². The molecule has 0 spiro atoms. The Balaban J connectivity index is 1.65. The van der Waals surface area contributed by atoms with Crippen LogP contribution >= 0.6 is 22.7 Å². The molecule has 0 bridgehead atoms. The molecule has 3 heterocycles. The number of carbonyl (C=O) groups is 1. The molecule has 1 aromatic carbocycles. The lowest BCUT2D eigenvalue weighted by Crippen LogP contribution is -2.38. The summed E-state index contributed by atoms with van der Waals surface area (Å²) < 4.78 is 6.90. The van der Waals surface area contributed by atoms with E-state index in [1.165, 1.54) is 0 Å². The molecule has 0 N–H and O–H groups in total. The predicted molar refractivity (Wildman–Crippen MR) is 104 cm³/mol. The number of carbonyl (C=O) groups excluding carboxylic acids is 1. The summed E-state index contributed by atoms with van der Waals surface area (Å²) in [7, 11) is 0. The Bertz CT molecular complexity index is 867. The number of anilines is 1. The quantitative estimate of drug-likeness (QED) is 0.666. The number of amides is 1. The molecule has 3 aromatic rings. The van der Waals surface area contributed by atoms with Crippen molar-refractivity contribution in [2.24, 2.45) is 0 Å². The first kappa shape index (κ1) is 16.7. The van der Waals surface area contributed by atoms with Gasteiger partial charge in [-0.25, -0.2) is 4.98 Å². The average molecular weight is 373 g/mol. The zero-order chi connectivity index (χ0) is 17.2. The summed E-state index contributed by atoms with van der Waals surface area (Å²) in [4.78, 5) is 20.7. The zero-order valence-corrected chi connectivity index (χ0v) is 15.7. The largest absolute Gasteiger partial charge is 0.376 e. The molecule has 25 heavy (non-hydrogen) atoms. The summed E-state index contributed by atoms with van der Waals surface area (Å²) in [5, 5.41) is 2.79. The van der Waals surface area contributed by atoms with Crippen LogP contribution in [-0.2, 0) is 16.0 Å². The summed E-state index contributed by atoms with van der Waals surface area (Å²) in [6.45, 7) is 3.43. The third-order valence-corrected chi connectivity index (χ3v) is 6.38. The molecule has 1 aliphatic heterocycles. The fourth-order valence-corrected chi connectivity index (χ4v) is 4.89. The van der Waals surface area contributed by atoms with Crippen molar-refractivity contribution >= 4 is 43.9 Å². The normalized spacial score (nSPS) is 17.2. The van der Waals surface area contributed by atoms with Gasteiger partial charge in [-0.05, 0) is 42.8 Å². The second kappa shape index (κ2) is 7.23. The Labute approximate surface area is 155 Å². The van der Waals surface area contributed by atoms with Gasteiger partial charge < -0.3 is 4.74 Å². The van der Waals surface area contributed by atoms with Gasteiger partial charge in [0, 0.05) is 11.5 Å². The van der Waals surface area contributed by atoms with E-state index in [9.17, 15) is 4.79 Å². The molecule has 4 nitrogen and oxygen atoms in total. The topological polar surface area (TPSA) is 42.4 Å². The molecule has 1 saturated heterocycles. The van der Waals surface area contributed by atoms with E-state index >= 15 is 0 Å². The number of thiophene rings is 1. The van der Waals surface area contributed by atoms with Crippen LogP contribution in [0.1, 0.15) is 23.3 Å². The SMILES string of the molecule is Cc1cccc2sc(N(CC3CCCO3)C(=O)Cc3cccs3)nc12. The van der Waals surface area contributed by atoms with Crippen LogP contribution in [0.5, 0.6) is 0 Å². The van der Waals surface area contributed by atoms with E-state index in [1.807, 2.05) is 28.5 Å². The third kappa shape index (κ3) is 3.61. The van der Waals surface area contributed by atoms with Crippen LogP contribution in [-0.4, -0.2) is 30.1 Å². The highest BCUT2D eigenvalue weighted by Gasteiger charge is 2.26. The van der Waals surface area contributed by atoms with Gasteiger partial charge in [0.25, 0.3) is 0 Å². The number of benzene rings is 1. The summed E-state index contributed by atoms with van der Waals surface area (Å²) in [5.74, 6) is 0.0923. The van der Waals surface area contributed by atoms with Crippen LogP contribution in [0.2, 0.25) is 0 Å². The van der Waals surface area contributed by atoms with Gasteiger partial charge in [0.1, 0.15) is 0 Å². The number of hydrogen-bond acceptors (Lipinski definition) is 5. The maximum Gasteiger partial charge on any atom is 0.234 e. The molecule has 0 radical (unpaired) electrons. The van der Waals surface area contributed by atoms with Crippen LogP contribution in [0.4, 0.5) is 5.13 Å². The number of fused-ring (bicyclic) bond motifs is 1. The molecular formula is C19H20N2O2S2. The van der Waals surface area contributed by atoms with Crippen molar-refractivity contribution < 1.29 is 9.53 Å². The monoisotopic (exact) mass is 372 g/mol. The number of para-hydroxylation sites is 1. The number of aryl methyl sites for hydroxylation is 1. The van der Waals surface area contributed by atoms with Gasteiger partial charge in [0.05, 0.1) is 29.3 Å². The highest BCUT2D eigenvalue weighted by molar-refractivity contribution is 7.22. The molecule has 2 aromatic heterocycles. The van der Waals surface area contributed by atoms with Crippen molar-refractivity contribution in [3.05, 3.63) is 46.2 Å². The van der Waals surface area contributed by atoms with Gasteiger partial charge in [0.2, 0.25) is 5.91 Å². The minimum Gasteiger partial charge on any atom is -0.376 e. The Morgan fingerprint density at radius 3 is 3.00 bits per heavy atom. The Kier molecular flexibility index (Phi) is 4.83. The number of hydrogen-bond donors (Lipinski definition) is 0. The zero-order valence-electron chi connectivity index (χ0n) is 14.1. The summed E-state index contributed by atoms with van der Waals surface area (Å²) in [6, 6.07) is 10.2. The van der Waals surface area contributed by atoms with Gasteiger partial charge in [-0.1, -0.05) is 29.5 Å². The maximum absolute atomic E-state index is 13.0. The molecule has 1 amide bonds. The maximum atomic E-state index is 13.0. The average Bonchev–Trinajstić information content (AvgIpc) is 3.34. The number of ether oxygens (including phenoxy) is 1. The number of thiazole rings is 1. The lowest BCUT2D eigenvalue weighted by Gasteiger charge is -2.22. The predicted octanol–water partition coefficient (Wildman–Crippen LogP) is 4.42. The van der Waals surface area contributed by atoms with Crippen molar-refractivity contribution in [2.45, 2.75) is 32.3 Å². The molecule has 0 aliphatic carbocycles. The van der Waals surface area contributed by atoms with E-state index in [0.29, 0.717) is 13.0 Å². The lowest BCUT2D eigenvalue weighted by atomic mass is 10.2. The van der Waals surface area contributed by atoms with Gasteiger partial charge >= 0.3 is 0 Å².